The van der Waals surface area contributed by atoms with Gasteiger partial charge < -0.3 is 9.90 Å². The maximum absolute atomic E-state index is 12.3. The van der Waals surface area contributed by atoms with Crippen LogP contribution in [0.3, 0.4) is 0 Å². The predicted octanol–water partition coefficient (Wildman–Crippen LogP) is 0.218. The van der Waals surface area contributed by atoms with Crippen LogP contribution in [0.5, 0.6) is 0 Å². The molecule has 2 aromatic rings. The number of hydrogen-bond acceptors (Lipinski definition) is 6. The molecule has 0 bridgehead atoms. The number of nitrogens with one attached hydrogen (secondary N) is 1. The van der Waals surface area contributed by atoms with Crippen molar-refractivity contribution in [3.63, 3.8) is 0 Å². The summed E-state index contributed by atoms with van der Waals surface area (Å²) >= 11 is 0. The largest absolute Gasteiger partial charge is 0.545 e. The summed E-state index contributed by atoms with van der Waals surface area (Å²) in [5.41, 5.74) is 0.314. The van der Waals surface area contributed by atoms with Crippen LogP contribution in [-0.2, 0) is 24.8 Å². The summed E-state index contributed by atoms with van der Waals surface area (Å²) in [6.45, 7) is 0. The fraction of sp³-hybridized carbons (Fsp3) is 0.0556. The first-order valence-corrected chi connectivity index (χ1v) is 11.0. The highest BCUT2D eigenvalue weighted by Gasteiger charge is 2.30. The summed E-state index contributed by atoms with van der Waals surface area (Å²) < 4.78 is 50.3. The van der Waals surface area contributed by atoms with Gasteiger partial charge in [0, 0.05) is 11.3 Å². The molecule has 0 radical (unpaired) electrons. The van der Waals surface area contributed by atoms with Crippen molar-refractivity contribution in [1.29, 1.82) is 0 Å². The van der Waals surface area contributed by atoms with Gasteiger partial charge in [-0.25, -0.2) is 22.0 Å². The van der Waals surface area contributed by atoms with E-state index in [2.05, 4.69) is 4.72 Å². The van der Waals surface area contributed by atoms with Gasteiger partial charge in [-0.2, -0.15) is 0 Å². The Balaban J connectivity index is 1.92. The Labute approximate surface area is 162 Å². The molecule has 3 N–H and O–H groups in total. The first-order chi connectivity index (χ1) is 13.1. The number of benzene rings is 2. The van der Waals surface area contributed by atoms with Crippen molar-refractivity contribution in [2.45, 2.75) is 10.1 Å². The first-order valence-electron chi connectivity index (χ1n) is 7.93. The third-order valence-corrected chi connectivity index (χ3v) is 6.59. The molecule has 1 atom stereocenters. The lowest BCUT2D eigenvalue weighted by atomic mass is 10.0. The Morgan fingerprint density at radius 1 is 0.964 bits per heavy atom. The van der Waals surface area contributed by atoms with Crippen LogP contribution in [-0.4, -0.2) is 28.1 Å². The van der Waals surface area contributed by atoms with Gasteiger partial charge in [-0.05, 0) is 35.4 Å². The van der Waals surface area contributed by atoms with E-state index in [0.717, 1.165) is 0 Å². The van der Waals surface area contributed by atoms with E-state index in [0.29, 0.717) is 5.56 Å². The highest BCUT2D eigenvalue weighted by molar-refractivity contribution is 7.92. The van der Waals surface area contributed by atoms with E-state index < -0.39 is 36.8 Å². The number of hydrogen-bond donors (Lipinski definition) is 2. The molecule has 10 heteroatoms. The number of allylic oxidation sites excluding steroid dienone is 2. The number of nitrogens with two attached hydrogens (primary N) is 1. The summed E-state index contributed by atoms with van der Waals surface area (Å²) in [6, 6.07) is 13.6. The lowest BCUT2D eigenvalue weighted by Crippen LogP contribution is -2.36. The Morgan fingerprint density at radius 2 is 1.57 bits per heavy atom. The summed E-state index contributed by atoms with van der Waals surface area (Å²) in [6.07, 6.45) is 2.51. The number of carboxylic acids is 1. The van der Waals surface area contributed by atoms with Gasteiger partial charge in [-0.3, -0.25) is 4.72 Å². The number of anilines is 1. The Morgan fingerprint density at radius 3 is 2.11 bits per heavy atom. The minimum absolute atomic E-state index is 0.0933. The molecular formula is C18H15N2O6S2-. The molecule has 0 aliphatic heterocycles. The molecule has 2 aromatic carbocycles. The van der Waals surface area contributed by atoms with Crippen LogP contribution in [0.25, 0.3) is 5.57 Å². The van der Waals surface area contributed by atoms with Gasteiger partial charge in [0.1, 0.15) is 5.25 Å². The van der Waals surface area contributed by atoms with Crippen molar-refractivity contribution in [2.24, 2.45) is 5.14 Å². The van der Waals surface area contributed by atoms with Crippen LogP contribution >= 0.6 is 0 Å². The van der Waals surface area contributed by atoms with E-state index in [-0.39, 0.29) is 16.2 Å². The number of sulfonamides is 2. The molecule has 0 aromatic heterocycles. The quantitative estimate of drug-likeness (QED) is 0.685. The SMILES string of the molecule is NS(=O)(=O)C1C=CC(c2ccc(NS(=O)(=O)c3ccccc3)cc2)=C1C(=O)[O-]. The minimum Gasteiger partial charge on any atom is -0.545 e. The molecule has 3 rings (SSSR count). The third kappa shape index (κ3) is 3.98. The molecule has 146 valence electrons. The van der Waals surface area contributed by atoms with Crippen molar-refractivity contribution < 1.29 is 26.7 Å². The summed E-state index contributed by atoms with van der Waals surface area (Å²) in [4.78, 5) is 11.5. The molecular weight excluding hydrogens is 404 g/mol. The number of carboxylic acid groups (broad SMARTS) is 1. The lowest BCUT2D eigenvalue weighted by Gasteiger charge is -2.15. The second-order valence-electron chi connectivity index (χ2n) is 5.98. The van der Waals surface area contributed by atoms with E-state index >= 15 is 0 Å². The molecule has 1 aliphatic rings. The highest BCUT2D eigenvalue weighted by atomic mass is 32.2. The molecule has 8 nitrogen and oxygen atoms in total. The minimum atomic E-state index is -4.16. The molecule has 0 saturated carbocycles. The van der Waals surface area contributed by atoms with Gasteiger partial charge >= 0.3 is 0 Å². The monoisotopic (exact) mass is 419 g/mol. The molecule has 1 aliphatic carbocycles. The van der Waals surface area contributed by atoms with Gasteiger partial charge in [0.05, 0.1) is 10.9 Å². The maximum atomic E-state index is 12.3. The zero-order chi connectivity index (χ0) is 20.5. The molecule has 0 spiro atoms. The van der Waals surface area contributed by atoms with Crippen molar-refractivity contribution in [3.05, 3.63) is 77.9 Å². The average Bonchev–Trinajstić information content (AvgIpc) is 3.09. The Bertz CT molecular complexity index is 1180. The molecule has 0 fully saturated rings. The number of primary sulfonamides is 1. The molecule has 0 saturated heterocycles. The average molecular weight is 419 g/mol. The third-order valence-electron chi connectivity index (χ3n) is 4.09. The van der Waals surface area contributed by atoms with Gasteiger partial charge in [0.2, 0.25) is 10.0 Å². The Hall–Kier alpha value is -2.95. The summed E-state index contributed by atoms with van der Waals surface area (Å²) in [5.74, 6) is -1.65. The second-order valence-corrected chi connectivity index (χ2v) is 9.35. The van der Waals surface area contributed by atoms with Crippen LogP contribution in [0, 0.1) is 0 Å². The van der Waals surface area contributed by atoms with E-state index in [9.17, 15) is 26.7 Å². The second kappa shape index (κ2) is 7.23. The number of aliphatic carboxylic acids is 1. The smallest absolute Gasteiger partial charge is 0.261 e. The van der Waals surface area contributed by atoms with E-state index in [4.69, 9.17) is 5.14 Å². The van der Waals surface area contributed by atoms with E-state index in [1.807, 2.05) is 0 Å². The highest BCUT2D eigenvalue weighted by Crippen LogP contribution is 2.32. The predicted molar refractivity (Wildman–Crippen MR) is 102 cm³/mol. The van der Waals surface area contributed by atoms with Crippen molar-refractivity contribution in [2.75, 3.05) is 4.72 Å². The van der Waals surface area contributed by atoms with Crippen LogP contribution < -0.4 is 15.0 Å². The number of rotatable bonds is 6. The fourth-order valence-corrected chi connectivity index (χ4v) is 4.74. The molecule has 1 unspecified atom stereocenters. The topological polar surface area (TPSA) is 146 Å². The van der Waals surface area contributed by atoms with Crippen LogP contribution in [0.1, 0.15) is 5.56 Å². The van der Waals surface area contributed by atoms with E-state index in [1.54, 1.807) is 18.2 Å². The van der Waals surface area contributed by atoms with E-state index in [1.165, 1.54) is 48.6 Å². The molecule has 0 heterocycles. The van der Waals surface area contributed by atoms with Gasteiger partial charge in [0.25, 0.3) is 10.0 Å². The standard InChI is InChI=1S/C18H16N2O6S2/c19-27(23,24)16-11-10-15(17(16)18(21)22)12-6-8-13(9-7-12)20-28(25,26)14-4-2-1-3-5-14/h1-11,16,20H,(H,21,22)(H2,19,23,24)/p-1. The van der Waals surface area contributed by atoms with Crippen LogP contribution in [0.4, 0.5) is 5.69 Å². The maximum Gasteiger partial charge on any atom is 0.261 e. The van der Waals surface area contributed by atoms with Gasteiger partial charge in [0.15, 0.2) is 0 Å². The van der Waals surface area contributed by atoms with Crippen molar-refractivity contribution in [3.8, 4) is 0 Å². The zero-order valence-electron chi connectivity index (χ0n) is 14.3. The van der Waals surface area contributed by atoms with Gasteiger partial charge in [-0.1, -0.05) is 42.5 Å². The van der Waals surface area contributed by atoms with Crippen LogP contribution in [0.15, 0.2) is 77.2 Å². The normalized spacial score (nSPS) is 17.0. The summed E-state index contributed by atoms with van der Waals surface area (Å²) in [5, 5.41) is 15.0. The van der Waals surface area contributed by atoms with Gasteiger partial charge in [-0.15, -0.1) is 0 Å². The molecule has 28 heavy (non-hydrogen) atoms. The zero-order valence-corrected chi connectivity index (χ0v) is 15.9. The fourth-order valence-electron chi connectivity index (χ4n) is 2.81. The van der Waals surface area contributed by atoms with Crippen molar-refractivity contribution >= 4 is 37.3 Å². The Kier molecular flexibility index (Phi) is 5.11. The lowest BCUT2D eigenvalue weighted by molar-refractivity contribution is -0.299. The number of carbonyl (C=O) groups excluding carboxylic acids is 1. The number of carbonyl (C=O) groups is 1. The summed E-state index contributed by atoms with van der Waals surface area (Å²) in [7, 11) is -7.93. The van der Waals surface area contributed by atoms with Crippen molar-refractivity contribution in [1.82, 2.24) is 0 Å². The first kappa shape index (κ1) is 19.8. The molecule has 0 amide bonds. The van der Waals surface area contributed by atoms with Crippen LogP contribution in [0.2, 0.25) is 0 Å².